The summed E-state index contributed by atoms with van der Waals surface area (Å²) in [5.41, 5.74) is 10.6. The number of carboxylic acid groups (broad SMARTS) is 2. The predicted octanol–water partition coefficient (Wildman–Crippen LogP) is -2.55. The van der Waals surface area contributed by atoms with Crippen LogP contribution >= 0.6 is 0 Å². The molecule has 1 fully saturated rings. The maximum absolute atomic E-state index is 13.7. The molecule has 0 saturated carbocycles. The second kappa shape index (κ2) is 24.9. The third-order valence-corrected chi connectivity index (χ3v) is 8.27. The van der Waals surface area contributed by atoms with E-state index in [-0.39, 0.29) is 44.7 Å². The zero-order chi connectivity index (χ0) is 45.1. The summed E-state index contributed by atoms with van der Waals surface area (Å²) in [4.78, 5) is 124. The normalized spacial score (nSPS) is 15.8. The Kier molecular flexibility index (Phi) is 22.6. The Morgan fingerprint density at radius 2 is 1.26 bits per heavy atom. The second-order valence-electron chi connectivity index (χ2n) is 14.4. The van der Waals surface area contributed by atoms with E-state index in [1.807, 2.05) is 13.8 Å². The highest BCUT2D eigenvalue weighted by molar-refractivity contribution is 5.97. The molecule has 1 aliphatic rings. The van der Waals surface area contributed by atoms with Crippen molar-refractivity contribution in [3.8, 4) is 0 Å². The first-order chi connectivity index (χ1) is 26.7. The smallest absolute Gasteiger partial charge is 0.480 e. The van der Waals surface area contributed by atoms with Crippen molar-refractivity contribution in [2.24, 2.45) is 29.2 Å². The quantitative estimate of drug-likeness (QED) is 0.0570. The number of halogens is 3. The molecule has 5 atom stereocenters. The van der Waals surface area contributed by atoms with Crippen molar-refractivity contribution in [2.75, 3.05) is 26.2 Å². The first-order valence-corrected chi connectivity index (χ1v) is 18.3. The number of carbonyl (C=O) groups excluding carboxylic acids is 8. The summed E-state index contributed by atoms with van der Waals surface area (Å²) in [7, 11) is 0. The van der Waals surface area contributed by atoms with Crippen LogP contribution in [0.3, 0.4) is 0 Å². The molecule has 1 aliphatic heterocycles. The number of amides is 8. The average molecular weight is 840 g/mol. The molecule has 1 heterocycles. The number of carboxylic acids is 2. The van der Waals surface area contributed by atoms with Gasteiger partial charge < -0.3 is 58.5 Å². The van der Waals surface area contributed by atoms with Crippen LogP contribution in [0.1, 0.15) is 73.6 Å². The van der Waals surface area contributed by atoms with E-state index in [9.17, 15) is 56.3 Å². The molecule has 1 rings (SSSR count). The number of aliphatic carboxylic acids is 2. The van der Waals surface area contributed by atoms with E-state index in [1.54, 1.807) is 27.7 Å². The highest BCUT2D eigenvalue weighted by Gasteiger charge is 2.40. The number of nitrogens with one attached hydrogen (secondary N) is 6. The third-order valence-electron chi connectivity index (χ3n) is 8.27. The summed E-state index contributed by atoms with van der Waals surface area (Å²) in [6, 6.07) is -5.73. The van der Waals surface area contributed by atoms with Crippen LogP contribution in [0.25, 0.3) is 0 Å². The molecule has 0 aromatic rings. The van der Waals surface area contributed by atoms with Gasteiger partial charge in [0.25, 0.3) is 0 Å². The fraction of sp³-hybridized carbons (Fsp3) is 0.706. The lowest BCUT2D eigenvalue weighted by atomic mass is 9.98. The van der Waals surface area contributed by atoms with Crippen LogP contribution in [0.5, 0.6) is 0 Å². The van der Waals surface area contributed by atoms with E-state index in [0.29, 0.717) is 6.42 Å². The minimum atomic E-state index is -5.08. The van der Waals surface area contributed by atoms with E-state index in [4.69, 9.17) is 26.5 Å². The molecule has 0 bridgehead atoms. The van der Waals surface area contributed by atoms with Gasteiger partial charge in [0, 0.05) is 13.0 Å². The van der Waals surface area contributed by atoms with Gasteiger partial charge in [-0.3, -0.25) is 43.2 Å². The number of nitrogens with two attached hydrogens (primary N) is 2. The van der Waals surface area contributed by atoms with Gasteiger partial charge in [-0.1, -0.05) is 41.5 Å². The lowest BCUT2D eigenvalue weighted by molar-refractivity contribution is -0.192. The number of likely N-dealkylation sites (tertiary alicyclic amines) is 1. The Hall–Kier alpha value is -5.55. The number of primary amides is 1. The summed E-state index contributed by atoms with van der Waals surface area (Å²) in [5, 5.41) is 31.1. The fourth-order valence-corrected chi connectivity index (χ4v) is 5.35. The summed E-state index contributed by atoms with van der Waals surface area (Å²) in [6.07, 6.45) is -4.71. The van der Waals surface area contributed by atoms with Gasteiger partial charge in [-0.25, -0.2) is 4.79 Å². The molecule has 24 heteroatoms. The van der Waals surface area contributed by atoms with Crippen molar-refractivity contribution in [2.45, 2.75) is 110 Å². The number of alkyl halides is 3. The number of hydrogen-bond acceptors (Lipinski definition) is 11. The van der Waals surface area contributed by atoms with Gasteiger partial charge in [-0.2, -0.15) is 13.2 Å². The van der Waals surface area contributed by atoms with Gasteiger partial charge in [0.1, 0.15) is 36.8 Å². The molecule has 1 saturated heterocycles. The van der Waals surface area contributed by atoms with Gasteiger partial charge in [0.2, 0.25) is 47.3 Å². The summed E-state index contributed by atoms with van der Waals surface area (Å²) >= 11 is 0. The van der Waals surface area contributed by atoms with E-state index in [0.717, 1.165) is 0 Å². The molecule has 12 N–H and O–H groups in total. The highest BCUT2D eigenvalue weighted by atomic mass is 19.4. The van der Waals surface area contributed by atoms with Crippen molar-refractivity contribution >= 4 is 59.2 Å². The van der Waals surface area contributed by atoms with Crippen molar-refractivity contribution < 1.29 is 71.3 Å². The molecule has 58 heavy (non-hydrogen) atoms. The van der Waals surface area contributed by atoms with E-state index >= 15 is 0 Å². The summed E-state index contributed by atoms with van der Waals surface area (Å²) < 4.78 is 31.7. The fourth-order valence-electron chi connectivity index (χ4n) is 5.35. The highest BCUT2D eigenvalue weighted by Crippen LogP contribution is 2.20. The van der Waals surface area contributed by atoms with Crippen LogP contribution in [-0.2, 0) is 47.9 Å². The van der Waals surface area contributed by atoms with Gasteiger partial charge in [0.05, 0.1) is 13.1 Å². The lowest BCUT2D eigenvalue weighted by Crippen LogP contribution is -2.61. The van der Waals surface area contributed by atoms with Gasteiger partial charge in [-0.15, -0.1) is 0 Å². The molecule has 0 aromatic carbocycles. The molecule has 0 aliphatic carbocycles. The van der Waals surface area contributed by atoms with Crippen molar-refractivity contribution in [3.63, 3.8) is 0 Å². The number of rotatable bonds is 21. The van der Waals surface area contributed by atoms with Crippen molar-refractivity contribution in [1.29, 1.82) is 0 Å². The van der Waals surface area contributed by atoms with E-state index < -0.39 is 121 Å². The number of nitrogens with zero attached hydrogens (tertiary/aromatic N) is 1. The van der Waals surface area contributed by atoms with Crippen LogP contribution in [0.2, 0.25) is 0 Å². The Morgan fingerprint density at radius 3 is 1.71 bits per heavy atom. The number of carbonyl (C=O) groups is 10. The third kappa shape index (κ3) is 19.5. The first kappa shape index (κ1) is 52.5. The lowest BCUT2D eigenvalue weighted by Gasteiger charge is -2.31. The molecule has 21 nitrogen and oxygen atoms in total. The number of hydrogen-bond donors (Lipinski definition) is 10. The Morgan fingerprint density at radius 1 is 0.741 bits per heavy atom. The zero-order valence-electron chi connectivity index (χ0n) is 33.2. The van der Waals surface area contributed by atoms with Gasteiger partial charge >= 0.3 is 18.1 Å². The molecule has 330 valence electrons. The van der Waals surface area contributed by atoms with E-state index in [2.05, 4.69) is 31.9 Å². The molecular formula is C34H56F3N9O12. The van der Waals surface area contributed by atoms with Gasteiger partial charge in [-0.05, 0) is 43.4 Å². The topological polar surface area (TPSA) is 339 Å². The molecule has 0 radical (unpaired) electrons. The molecular weight excluding hydrogens is 783 g/mol. The van der Waals surface area contributed by atoms with Crippen molar-refractivity contribution in [1.82, 2.24) is 36.8 Å². The maximum atomic E-state index is 13.7. The summed E-state index contributed by atoms with van der Waals surface area (Å²) in [6.45, 7) is 9.09. The van der Waals surface area contributed by atoms with Crippen LogP contribution in [0.4, 0.5) is 13.2 Å². The SMILES string of the molecule is CC(C)C[C@H](NC(=O)[C@@H](NC(=O)CNC(=O)CN)C(C)C)C(=O)N[C@H](C(=O)N[C@@H](CCC(N)=O)C(=O)N1CCC[C@H]1C(=O)NCC(=O)O)C(C)C.O=C(O)C(F)(F)F. The minimum absolute atomic E-state index is 0.0946. The van der Waals surface area contributed by atoms with Gasteiger partial charge in [0.15, 0.2) is 0 Å². The second-order valence-corrected chi connectivity index (χ2v) is 14.4. The standard InChI is InChI=1S/C32H55N9O10.C2HF3O2/c1-16(2)12-20(38-30(49)26(17(3)4)39-24(44)14-35-23(43)13-33)28(47)40-27(18(5)6)31(50)37-19(9-10-22(34)42)32(51)41-11-7-8-21(41)29(48)36-15-25(45)46;3-2(4,5)1(6)7/h16-21,26-27H,7-15,33H2,1-6H3,(H2,34,42)(H,35,43)(H,36,48)(H,37,50)(H,38,49)(H,39,44)(H,40,47)(H,45,46);(H,6,7)/t19-,20-,21-,26-,27-;/m0./s1. The Bertz CT molecular complexity index is 1490. The van der Waals surface area contributed by atoms with Crippen LogP contribution in [0.15, 0.2) is 0 Å². The average Bonchev–Trinajstić information content (AvgIpc) is 3.61. The minimum Gasteiger partial charge on any atom is -0.480 e. The Labute approximate surface area is 332 Å². The van der Waals surface area contributed by atoms with E-state index in [1.165, 1.54) is 4.90 Å². The van der Waals surface area contributed by atoms with Crippen molar-refractivity contribution in [3.05, 3.63) is 0 Å². The predicted molar refractivity (Wildman–Crippen MR) is 196 cm³/mol. The maximum Gasteiger partial charge on any atom is 0.490 e. The van der Waals surface area contributed by atoms with Crippen LogP contribution in [-0.4, -0.2) is 137 Å². The molecule has 0 aromatic heterocycles. The molecule has 0 unspecified atom stereocenters. The molecule has 8 amide bonds. The molecule has 0 spiro atoms. The monoisotopic (exact) mass is 839 g/mol. The zero-order valence-corrected chi connectivity index (χ0v) is 33.2. The van der Waals surface area contributed by atoms with Crippen LogP contribution in [0, 0.1) is 17.8 Å². The summed E-state index contributed by atoms with van der Waals surface area (Å²) in [5.74, 6) is -10.5. The van der Waals surface area contributed by atoms with Crippen LogP contribution < -0.4 is 43.4 Å². The first-order valence-electron chi connectivity index (χ1n) is 18.3. The largest absolute Gasteiger partial charge is 0.490 e. The Balaban J connectivity index is 0.00000422.